The second-order valence-electron chi connectivity index (χ2n) is 5.20. The van der Waals surface area contributed by atoms with E-state index in [2.05, 4.69) is 38.0 Å². The molecule has 0 fully saturated rings. The van der Waals surface area contributed by atoms with E-state index in [4.69, 9.17) is 0 Å². The summed E-state index contributed by atoms with van der Waals surface area (Å²) in [5.74, 6) is 0. The molecule has 0 aliphatic rings. The smallest absolute Gasteiger partial charge is 0.0846 e. The molecule has 3 heteroatoms. The molecule has 1 aromatic heterocycles. The van der Waals surface area contributed by atoms with Crippen LogP contribution >= 0.6 is 0 Å². The zero-order valence-electron chi connectivity index (χ0n) is 11.9. The predicted octanol–water partition coefficient (Wildman–Crippen LogP) is 3.30. The molecule has 0 saturated carbocycles. The van der Waals surface area contributed by atoms with Crippen LogP contribution in [0.15, 0.2) is 36.5 Å². The van der Waals surface area contributed by atoms with Crippen LogP contribution in [0.4, 0.5) is 0 Å². The van der Waals surface area contributed by atoms with E-state index in [9.17, 15) is 5.11 Å². The molecule has 1 N–H and O–H groups in total. The summed E-state index contributed by atoms with van der Waals surface area (Å²) in [7, 11) is 0. The molecule has 0 aliphatic heterocycles. The van der Waals surface area contributed by atoms with E-state index in [0.717, 1.165) is 17.7 Å². The summed E-state index contributed by atoms with van der Waals surface area (Å²) in [6.45, 7) is 6.32. The first-order chi connectivity index (χ1) is 9.10. The Balaban J connectivity index is 2.04. The maximum atomic E-state index is 10.2. The molecule has 0 spiro atoms. The van der Waals surface area contributed by atoms with Crippen molar-refractivity contribution >= 4 is 0 Å². The van der Waals surface area contributed by atoms with Crippen LogP contribution in [0.2, 0.25) is 0 Å². The largest absolute Gasteiger partial charge is 0.388 e. The lowest BCUT2D eigenvalue weighted by molar-refractivity contribution is 0.177. The van der Waals surface area contributed by atoms with Crippen molar-refractivity contribution in [2.75, 3.05) is 0 Å². The highest BCUT2D eigenvalue weighted by atomic mass is 16.3. The summed E-state index contributed by atoms with van der Waals surface area (Å²) in [6, 6.07) is 10.5. The summed E-state index contributed by atoms with van der Waals surface area (Å²) in [5.41, 5.74) is 3.18. The van der Waals surface area contributed by atoms with Crippen molar-refractivity contribution in [2.24, 2.45) is 0 Å². The quantitative estimate of drug-likeness (QED) is 0.893. The molecule has 1 atom stereocenters. The lowest BCUT2D eigenvalue weighted by Crippen LogP contribution is -2.05. The Bertz CT molecular complexity index is 514. The lowest BCUT2D eigenvalue weighted by Gasteiger charge is -2.10. The third-order valence-electron chi connectivity index (χ3n) is 3.37. The Morgan fingerprint density at radius 2 is 1.84 bits per heavy atom. The highest BCUT2D eigenvalue weighted by Crippen LogP contribution is 2.18. The third kappa shape index (κ3) is 3.44. The molecule has 1 heterocycles. The normalized spacial score (nSPS) is 12.9. The molecule has 1 aromatic carbocycles. The van der Waals surface area contributed by atoms with Crippen molar-refractivity contribution in [2.45, 2.75) is 45.8 Å². The van der Waals surface area contributed by atoms with E-state index in [-0.39, 0.29) is 0 Å². The molecule has 2 aromatic rings. The van der Waals surface area contributed by atoms with Gasteiger partial charge in [-0.15, -0.1) is 0 Å². The Labute approximate surface area is 114 Å². The van der Waals surface area contributed by atoms with Crippen LogP contribution < -0.4 is 0 Å². The van der Waals surface area contributed by atoms with Crippen molar-refractivity contribution in [1.82, 2.24) is 9.78 Å². The number of benzene rings is 1. The molecular weight excluding hydrogens is 236 g/mol. The molecule has 0 radical (unpaired) electrons. The van der Waals surface area contributed by atoms with E-state index >= 15 is 0 Å². The first-order valence-electron chi connectivity index (χ1n) is 6.91. The first kappa shape index (κ1) is 13.8. The monoisotopic (exact) mass is 258 g/mol. The van der Waals surface area contributed by atoms with Gasteiger partial charge in [0.25, 0.3) is 0 Å². The number of aliphatic hydroxyl groups excluding tert-OH is 1. The number of aromatic nitrogens is 2. The van der Waals surface area contributed by atoms with Crippen LogP contribution in [0.3, 0.4) is 0 Å². The van der Waals surface area contributed by atoms with Crippen molar-refractivity contribution < 1.29 is 5.11 Å². The highest BCUT2D eigenvalue weighted by molar-refractivity contribution is 5.25. The first-order valence-corrected chi connectivity index (χ1v) is 6.91. The second-order valence-corrected chi connectivity index (χ2v) is 5.20. The number of rotatable bonds is 5. The van der Waals surface area contributed by atoms with Crippen molar-refractivity contribution in [1.29, 1.82) is 0 Å². The van der Waals surface area contributed by atoms with Gasteiger partial charge in [0.2, 0.25) is 0 Å². The van der Waals surface area contributed by atoms with Gasteiger partial charge >= 0.3 is 0 Å². The van der Waals surface area contributed by atoms with Gasteiger partial charge in [0.1, 0.15) is 0 Å². The minimum absolute atomic E-state index is 0.356. The van der Waals surface area contributed by atoms with Gasteiger partial charge in [0.15, 0.2) is 0 Å². The van der Waals surface area contributed by atoms with Crippen LogP contribution in [-0.4, -0.2) is 14.9 Å². The number of hydrogen-bond acceptors (Lipinski definition) is 2. The Morgan fingerprint density at radius 3 is 2.37 bits per heavy atom. The zero-order chi connectivity index (χ0) is 13.8. The fourth-order valence-electron chi connectivity index (χ4n) is 2.07. The van der Waals surface area contributed by atoms with Crippen LogP contribution in [0.5, 0.6) is 0 Å². The second kappa shape index (κ2) is 6.02. The van der Waals surface area contributed by atoms with Crippen LogP contribution in [0.25, 0.3) is 0 Å². The van der Waals surface area contributed by atoms with Crippen molar-refractivity contribution in [3.63, 3.8) is 0 Å². The topological polar surface area (TPSA) is 38.0 Å². The summed E-state index contributed by atoms with van der Waals surface area (Å²) < 4.78 is 1.92. The predicted molar refractivity (Wildman–Crippen MR) is 77.1 cm³/mol. The molecule has 0 aliphatic carbocycles. The Hall–Kier alpha value is -1.61. The van der Waals surface area contributed by atoms with Crippen LogP contribution in [0, 0.1) is 0 Å². The molecular formula is C16H22N2O. The summed E-state index contributed by atoms with van der Waals surface area (Å²) >= 11 is 0. The molecule has 2 rings (SSSR count). The lowest BCUT2D eigenvalue weighted by atomic mass is 10.0. The Morgan fingerprint density at radius 1 is 1.16 bits per heavy atom. The maximum absolute atomic E-state index is 10.2. The number of aliphatic hydroxyl groups is 1. The number of aryl methyl sites for hydroxylation is 1. The highest BCUT2D eigenvalue weighted by Gasteiger charge is 2.11. The molecule has 102 valence electrons. The van der Waals surface area contributed by atoms with Crippen molar-refractivity contribution in [3.8, 4) is 0 Å². The van der Waals surface area contributed by atoms with E-state index in [1.54, 1.807) is 0 Å². The van der Waals surface area contributed by atoms with Gasteiger partial charge in [-0.2, -0.15) is 5.10 Å². The van der Waals surface area contributed by atoms with E-state index in [0.29, 0.717) is 12.5 Å². The molecule has 0 bridgehead atoms. The van der Waals surface area contributed by atoms with Gasteiger partial charge in [0.05, 0.1) is 11.8 Å². The molecule has 0 saturated heterocycles. The van der Waals surface area contributed by atoms with E-state index in [1.165, 1.54) is 5.56 Å². The van der Waals surface area contributed by atoms with Crippen molar-refractivity contribution in [3.05, 3.63) is 53.3 Å². The average Bonchev–Trinajstić information content (AvgIpc) is 2.87. The number of hydrogen-bond donors (Lipinski definition) is 1. The molecule has 0 amide bonds. The summed E-state index contributed by atoms with van der Waals surface area (Å²) in [5, 5.41) is 14.7. The van der Waals surface area contributed by atoms with Gasteiger partial charge < -0.3 is 5.11 Å². The van der Waals surface area contributed by atoms with E-state index in [1.807, 2.05) is 29.1 Å². The zero-order valence-corrected chi connectivity index (χ0v) is 11.9. The maximum Gasteiger partial charge on any atom is 0.0846 e. The van der Waals surface area contributed by atoms with E-state index < -0.39 is 6.10 Å². The minimum Gasteiger partial charge on any atom is -0.388 e. The third-order valence-corrected chi connectivity index (χ3v) is 3.37. The van der Waals surface area contributed by atoms with Crippen LogP contribution in [-0.2, 0) is 12.8 Å². The summed E-state index contributed by atoms with van der Waals surface area (Å²) in [6.07, 6.45) is 3.06. The van der Waals surface area contributed by atoms with Gasteiger partial charge in [0, 0.05) is 18.7 Å². The van der Waals surface area contributed by atoms with Gasteiger partial charge in [-0.05, 0) is 37.5 Å². The van der Waals surface area contributed by atoms with Gasteiger partial charge in [-0.25, -0.2) is 0 Å². The fraction of sp³-hybridized carbons (Fsp3) is 0.438. The van der Waals surface area contributed by atoms with Gasteiger partial charge in [-0.1, -0.05) is 31.2 Å². The standard InChI is InChI=1S/C16H22N2O/c1-4-13-5-7-14(8-6-13)16(19)11-15-9-10-18(17-15)12(2)3/h5-10,12,16,19H,4,11H2,1-3H3. The molecule has 3 nitrogen and oxygen atoms in total. The number of nitrogens with zero attached hydrogens (tertiary/aromatic N) is 2. The van der Waals surface area contributed by atoms with Crippen LogP contribution in [0.1, 0.15) is 49.7 Å². The Kier molecular flexibility index (Phi) is 4.38. The average molecular weight is 258 g/mol. The molecule has 19 heavy (non-hydrogen) atoms. The molecule has 1 unspecified atom stereocenters. The minimum atomic E-state index is -0.485. The summed E-state index contributed by atoms with van der Waals surface area (Å²) in [4.78, 5) is 0. The SMILES string of the molecule is CCc1ccc(C(O)Cc2ccn(C(C)C)n2)cc1. The fourth-order valence-corrected chi connectivity index (χ4v) is 2.07. The van der Waals surface area contributed by atoms with Gasteiger partial charge in [-0.3, -0.25) is 4.68 Å².